The van der Waals surface area contributed by atoms with E-state index in [9.17, 15) is 0 Å². The molecule has 1 aromatic heterocycles. The summed E-state index contributed by atoms with van der Waals surface area (Å²) in [6.45, 7) is 4.69. The lowest BCUT2D eigenvalue weighted by Gasteiger charge is -2.29. The molecule has 2 heteroatoms. The fourth-order valence-electron chi connectivity index (χ4n) is 8.37. The minimum Gasteiger partial charge on any atom is -0.455 e. The van der Waals surface area contributed by atoms with Crippen LogP contribution in [-0.4, -0.2) is 0 Å². The van der Waals surface area contributed by atoms with Crippen LogP contribution in [0.4, 0.5) is 17.1 Å². The maximum atomic E-state index is 7.14. The van der Waals surface area contributed by atoms with E-state index in [0.29, 0.717) is 0 Å². The second kappa shape index (κ2) is 10.4. The molecule has 10 rings (SSSR count). The third kappa shape index (κ3) is 4.01. The predicted octanol–water partition coefficient (Wildman–Crippen LogP) is 13.3. The maximum Gasteiger partial charge on any atom is 0.145 e. The molecule has 0 atom stereocenters. The highest BCUT2D eigenvalue weighted by molar-refractivity contribution is 6.31. The predicted molar refractivity (Wildman–Crippen MR) is 206 cm³/mol. The van der Waals surface area contributed by atoms with Gasteiger partial charge in [-0.15, -0.1) is 0 Å². The van der Waals surface area contributed by atoms with Crippen molar-refractivity contribution in [1.82, 2.24) is 0 Å². The summed E-state index contributed by atoms with van der Waals surface area (Å²) in [4.78, 5) is 2.41. The van der Waals surface area contributed by atoms with Crippen LogP contribution in [-0.2, 0) is 5.41 Å². The zero-order valence-electron chi connectivity index (χ0n) is 27.4. The van der Waals surface area contributed by atoms with Gasteiger partial charge in [0.2, 0.25) is 0 Å². The summed E-state index contributed by atoms with van der Waals surface area (Å²) >= 11 is 0. The highest BCUT2D eigenvalue weighted by atomic mass is 16.3. The lowest BCUT2D eigenvalue weighted by atomic mass is 9.82. The van der Waals surface area contributed by atoms with Gasteiger partial charge in [-0.2, -0.15) is 0 Å². The van der Waals surface area contributed by atoms with E-state index in [1.54, 1.807) is 0 Å². The second-order valence-corrected chi connectivity index (χ2v) is 13.7. The van der Waals surface area contributed by atoms with Gasteiger partial charge in [0.05, 0.1) is 5.69 Å². The average Bonchev–Trinajstić information content (AvgIpc) is 3.66. The Balaban J connectivity index is 1.31. The second-order valence-electron chi connectivity index (χ2n) is 13.7. The molecule has 0 fully saturated rings. The quantitative estimate of drug-likeness (QED) is 0.181. The maximum absolute atomic E-state index is 7.14. The summed E-state index contributed by atoms with van der Waals surface area (Å²) in [7, 11) is 0. The number of nitrogens with zero attached hydrogens (tertiary/aromatic N) is 1. The van der Waals surface area contributed by atoms with E-state index in [-0.39, 0.29) is 5.41 Å². The molecule has 1 heterocycles. The van der Waals surface area contributed by atoms with Gasteiger partial charge in [0.15, 0.2) is 0 Å². The summed E-state index contributed by atoms with van der Waals surface area (Å²) < 4.78 is 7.14. The number of hydrogen-bond donors (Lipinski definition) is 0. The van der Waals surface area contributed by atoms with Crippen LogP contribution in [0.15, 0.2) is 168 Å². The van der Waals surface area contributed by atoms with Crippen LogP contribution in [0.3, 0.4) is 0 Å². The molecular weight excluding hydrogens is 595 g/mol. The van der Waals surface area contributed by atoms with Gasteiger partial charge in [-0.3, -0.25) is 0 Å². The molecule has 0 amide bonds. The SMILES string of the molecule is CC1(C)c2ccccc2-c2ccc(N(c3ccccc3)c3ccc4c(oc5c6ccccc6c6ccccc6c45)c3-c3ccccc3)cc21. The van der Waals surface area contributed by atoms with Crippen LogP contribution in [0.5, 0.6) is 0 Å². The Labute approximate surface area is 285 Å². The van der Waals surface area contributed by atoms with Crippen molar-refractivity contribution in [2.75, 3.05) is 4.90 Å². The summed E-state index contributed by atoms with van der Waals surface area (Å²) in [5.74, 6) is 0. The first-order chi connectivity index (χ1) is 24.1. The first-order valence-corrected chi connectivity index (χ1v) is 17.0. The minimum atomic E-state index is -0.114. The number of hydrogen-bond acceptors (Lipinski definition) is 2. The Bertz CT molecular complexity index is 2740. The minimum absolute atomic E-state index is 0.114. The Morgan fingerprint density at radius 2 is 1.06 bits per heavy atom. The highest BCUT2D eigenvalue weighted by Gasteiger charge is 2.36. The monoisotopic (exact) mass is 627 g/mol. The normalized spacial score (nSPS) is 13.3. The van der Waals surface area contributed by atoms with Gasteiger partial charge in [-0.05, 0) is 80.4 Å². The van der Waals surface area contributed by atoms with Gasteiger partial charge in [0.1, 0.15) is 11.2 Å². The largest absolute Gasteiger partial charge is 0.455 e. The zero-order chi connectivity index (χ0) is 32.7. The van der Waals surface area contributed by atoms with E-state index < -0.39 is 0 Å². The van der Waals surface area contributed by atoms with Crippen molar-refractivity contribution in [3.63, 3.8) is 0 Å². The number of para-hydroxylation sites is 1. The van der Waals surface area contributed by atoms with Gasteiger partial charge in [0, 0.05) is 38.5 Å². The third-order valence-electron chi connectivity index (χ3n) is 10.6. The molecule has 0 N–H and O–H groups in total. The molecule has 1 aliphatic rings. The Morgan fingerprint density at radius 3 is 1.84 bits per heavy atom. The van der Waals surface area contributed by atoms with Crippen molar-refractivity contribution in [3.05, 3.63) is 175 Å². The number of fused-ring (bicyclic) bond motifs is 11. The Kier molecular flexibility index (Phi) is 5.95. The number of anilines is 3. The average molecular weight is 628 g/mol. The zero-order valence-corrected chi connectivity index (χ0v) is 27.4. The summed E-state index contributed by atoms with van der Waals surface area (Å²) in [5, 5.41) is 7.08. The molecule has 8 aromatic carbocycles. The first kappa shape index (κ1) is 27.9. The molecule has 0 radical (unpaired) electrons. The molecule has 0 aliphatic heterocycles. The van der Waals surface area contributed by atoms with E-state index in [1.807, 2.05) is 0 Å². The topological polar surface area (TPSA) is 16.4 Å². The van der Waals surface area contributed by atoms with Crippen LogP contribution in [0, 0.1) is 0 Å². The highest BCUT2D eigenvalue weighted by Crippen LogP contribution is 2.53. The molecule has 0 saturated carbocycles. The number of rotatable bonds is 4. The summed E-state index contributed by atoms with van der Waals surface area (Å²) in [6, 6.07) is 59.2. The molecule has 0 spiro atoms. The van der Waals surface area contributed by atoms with E-state index in [2.05, 4.69) is 183 Å². The van der Waals surface area contributed by atoms with E-state index >= 15 is 0 Å². The van der Waals surface area contributed by atoms with Gasteiger partial charge in [-0.1, -0.05) is 141 Å². The van der Waals surface area contributed by atoms with Crippen molar-refractivity contribution >= 4 is 60.5 Å². The summed E-state index contributed by atoms with van der Waals surface area (Å²) in [5.41, 5.74) is 12.6. The fraction of sp³-hybridized carbons (Fsp3) is 0.0638. The molecular formula is C47H33NO. The lowest BCUT2D eigenvalue weighted by molar-refractivity contribution is 0.660. The summed E-state index contributed by atoms with van der Waals surface area (Å²) in [6.07, 6.45) is 0. The smallest absolute Gasteiger partial charge is 0.145 e. The van der Waals surface area contributed by atoms with Crippen LogP contribution < -0.4 is 4.90 Å². The van der Waals surface area contributed by atoms with Gasteiger partial charge in [-0.25, -0.2) is 0 Å². The van der Waals surface area contributed by atoms with Crippen LogP contribution in [0.2, 0.25) is 0 Å². The lowest BCUT2D eigenvalue weighted by Crippen LogP contribution is -2.16. The standard InChI is InChI=1S/C47H33NO/c1-47(2)40-24-14-13-21-35(40)36-26-25-32(29-41(36)47)48(31-17-7-4-8-18-31)42-28-27-39-44-37-22-11-9-19-33(37)34-20-10-12-23-38(34)45(44)49-46(39)43(42)30-15-5-3-6-16-30/h3-29H,1-2H3. The van der Waals surface area contributed by atoms with E-state index in [4.69, 9.17) is 4.42 Å². The van der Waals surface area contributed by atoms with Crippen LogP contribution in [0.1, 0.15) is 25.0 Å². The van der Waals surface area contributed by atoms with Gasteiger partial charge < -0.3 is 9.32 Å². The third-order valence-corrected chi connectivity index (χ3v) is 10.6. The first-order valence-electron chi connectivity index (χ1n) is 17.0. The number of furan rings is 1. The van der Waals surface area contributed by atoms with Crippen molar-refractivity contribution in [1.29, 1.82) is 0 Å². The molecule has 0 bridgehead atoms. The van der Waals surface area contributed by atoms with Crippen molar-refractivity contribution in [2.45, 2.75) is 19.3 Å². The van der Waals surface area contributed by atoms with E-state index in [0.717, 1.165) is 55.5 Å². The van der Waals surface area contributed by atoms with Crippen molar-refractivity contribution in [2.24, 2.45) is 0 Å². The number of benzene rings is 8. The molecule has 232 valence electrons. The molecule has 0 unspecified atom stereocenters. The van der Waals surface area contributed by atoms with Gasteiger partial charge >= 0.3 is 0 Å². The molecule has 49 heavy (non-hydrogen) atoms. The Hall–Kier alpha value is -6.12. The molecule has 9 aromatic rings. The van der Waals surface area contributed by atoms with Gasteiger partial charge in [0.25, 0.3) is 0 Å². The van der Waals surface area contributed by atoms with Crippen molar-refractivity contribution < 1.29 is 4.42 Å². The van der Waals surface area contributed by atoms with Crippen molar-refractivity contribution in [3.8, 4) is 22.3 Å². The fourth-order valence-corrected chi connectivity index (χ4v) is 8.37. The molecule has 2 nitrogen and oxygen atoms in total. The molecule has 0 saturated heterocycles. The Morgan fingerprint density at radius 1 is 0.449 bits per heavy atom. The molecule has 1 aliphatic carbocycles. The van der Waals surface area contributed by atoms with Crippen LogP contribution in [0.25, 0.3) is 65.7 Å². The van der Waals surface area contributed by atoms with E-state index in [1.165, 1.54) is 38.4 Å². The van der Waals surface area contributed by atoms with Crippen LogP contribution >= 0.6 is 0 Å².